The molecule has 13 heavy (non-hydrogen) atoms. The number of hydrogen-bond acceptors (Lipinski definition) is 2. The van der Waals surface area contributed by atoms with Gasteiger partial charge in [-0.25, -0.2) is 0 Å². The van der Waals surface area contributed by atoms with E-state index in [9.17, 15) is 5.21 Å². The number of hydrogen-bond donors (Lipinski definition) is 2. The van der Waals surface area contributed by atoms with E-state index in [2.05, 4.69) is 11.9 Å². The fourth-order valence-electron chi connectivity index (χ4n) is 2.19. The minimum absolute atomic E-state index is 0.637. The van der Waals surface area contributed by atoms with Crippen molar-refractivity contribution in [2.24, 2.45) is 0 Å². The van der Waals surface area contributed by atoms with Gasteiger partial charge < -0.3 is 10.2 Å². The lowest BCUT2D eigenvalue weighted by atomic mass is 10.1. The van der Waals surface area contributed by atoms with Crippen LogP contribution in [0, 0.1) is 6.92 Å². The minimum atomic E-state index is 0.637. The van der Waals surface area contributed by atoms with Gasteiger partial charge in [0, 0.05) is 18.4 Å². The Morgan fingerprint density at radius 3 is 2.92 bits per heavy atom. The predicted octanol–water partition coefficient (Wildman–Crippen LogP) is 1.63. The second-order valence-electron chi connectivity index (χ2n) is 3.85. The second-order valence-corrected chi connectivity index (χ2v) is 3.85. The lowest BCUT2D eigenvalue weighted by molar-refractivity contribution is -0.0734. The molecule has 0 saturated heterocycles. The van der Waals surface area contributed by atoms with Crippen LogP contribution >= 0.6 is 0 Å². The van der Waals surface area contributed by atoms with Gasteiger partial charge in [0.05, 0.1) is 6.54 Å². The first-order valence-electron chi connectivity index (χ1n) is 4.77. The molecule has 1 aliphatic rings. The van der Waals surface area contributed by atoms with E-state index in [1.165, 1.54) is 46.8 Å². The van der Waals surface area contributed by atoms with E-state index in [1.807, 2.05) is 0 Å². The summed E-state index contributed by atoms with van der Waals surface area (Å²) in [5.41, 5.74) is 5.33. The molecule has 0 saturated carbocycles. The van der Waals surface area contributed by atoms with E-state index in [-0.39, 0.29) is 0 Å². The van der Waals surface area contributed by atoms with Crippen LogP contribution < -0.4 is 0 Å². The van der Waals surface area contributed by atoms with E-state index in [0.717, 1.165) is 0 Å². The first-order chi connectivity index (χ1) is 6.18. The quantitative estimate of drug-likeness (QED) is 0.679. The standard InChI is InChI=1S/C10H16N2O/c1-7-9(6-12(2)13)8-4-3-5-10(8)11-7/h11,13H,3-6H2,1-2H3. The van der Waals surface area contributed by atoms with E-state index >= 15 is 0 Å². The number of H-pyrrole nitrogens is 1. The molecule has 0 amide bonds. The second kappa shape index (κ2) is 3.16. The molecule has 0 unspecified atom stereocenters. The molecule has 1 heterocycles. The van der Waals surface area contributed by atoms with Crippen molar-refractivity contribution in [3.8, 4) is 0 Å². The zero-order valence-corrected chi connectivity index (χ0v) is 8.22. The third kappa shape index (κ3) is 1.49. The third-order valence-electron chi connectivity index (χ3n) is 2.76. The van der Waals surface area contributed by atoms with Crippen molar-refractivity contribution < 1.29 is 5.21 Å². The molecule has 0 bridgehead atoms. The SMILES string of the molecule is Cc1[nH]c2c(c1CN(C)O)CCC2. The molecule has 0 atom stereocenters. The lowest BCUT2D eigenvalue weighted by Crippen LogP contribution is -2.13. The number of fused-ring (bicyclic) bond motifs is 1. The van der Waals surface area contributed by atoms with Gasteiger partial charge in [-0.15, -0.1) is 0 Å². The number of aryl methyl sites for hydroxylation is 2. The van der Waals surface area contributed by atoms with Gasteiger partial charge in [-0.05, 0) is 37.3 Å². The van der Waals surface area contributed by atoms with Gasteiger partial charge in [-0.1, -0.05) is 0 Å². The summed E-state index contributed by atoms with van der Waals surface area (Å²) in [6.45, 7) is 2.72. The predicted molar refractivity (Wildman–Crippen MR) is 50.8 cm³/mol. The van der Waals surface area contributed by atoms with Crippen LogP contribution in [0.25, 0.3) is 0 Å². The zero-order chi connectivity index (χ0) is 9.42. The molecule has 3 nitrogen and oxygen atoms in total. The molecule has 2 rings (SSSR count). The summed E-state index contributed by atoms with van der Waals surface area (Å²) in [5, 5.41) is 10.4. The summed E-state index contributed by atoms with van der Waals surface area (Å²) in [5.74, 6) is 0. The van der Waals surface area contributed by atoms with Crippen molar-refractivity contribution in [3.05, 3.63) is 22.5 Å². The van der Waals surface area contributed by atoms with E-state index in [0.29, 0.717) is 6.54 Å². The molecule has 72 valence electrons. The molecule has 1 aromatic heterocycles. The van der Waals surface area contributed by atoms with Crippen molar-refractivity contribution in [3.63, 3.8) is 0 Å². The van der Waals surface area contributed by atoms with E-state index in [4.69, 9.17) is 0 Å². The third-order valence-corrected chi connectivity index (χ3v) is 2.76. The highest BCUT2D eigenvalue weighted by atomic mass is 16.5. The normalized spacial score (nSPS) is 15.4. The average Bonchev–Trinajstić information content (AvgIpc) is 2.55. The van der Waals surface area contributed by atoms with Crippen molar-refractivity contribution >= 4 is 0 Å². The Morgan fingerprint density at radius 1 is 1.46 bits per heavy atom. The van der Waals surface area contributed by atoms with Crippen LogP contribution in [-0.2, 0) is 19.4 Å². The summed E-state index contributed by atoms with van der Waals surface area (Å²) in [6.07, 6.45) is 3.59. The van der Waals surface area contributed by atoms with Gasteiger partial charge in [0.2, 0.25) is 0 Å². The monoisotopic (exact) mass is 180 g/mol. The average molecular weight is 180 g/mol. The smallest absolute Gasteiger partial charge is 0.0506 e. The fraction of sp³-hybridized carbons (Fsp3) is 0.600. The molecule has 0 aliphatic heterocycles. The number of rotatable bonds is 2. The highest BCUT2D eigenvalue weighted by Gasteiger charge is 2.19. The number of nitrogens with one attached hydrogen (secondary N) is 1. The summed E-state index contributed by atoms with van der Waals surface area (Å²) in [4.78, 5) is 3.39. The number of aromatic nitrogens is 1. The van der Waals surface area contributed by atoms with Gasteiger partial charge in [-0.2, -0.15) is 5.06 Å². The Hall–Kier alpha value is -0.800. The summed E-state index contributed by atoms with van der Waals surface area (Å²) in [7, 11) is 1.69. The lowest BCUT2D eigenvalue weighted by Gasteiger charge is -2.09. The number of hydroxylamine groups is 2. The van der Waals surface area contributed by atoms with Crippen LogP contribution in [-0.4, -0.2) is 22.3 Å². The first-order valence-corrected chi connectivity index (χ1v) is 4.77. The minimum Gasteiger partial charge on any atom is -0.362 e. The Balaban J connectivity index is 2.33. The molecule has 0 radical (unpaired) electrons. The van der Waals surface area contributed by atoms with Gasteiger partial charge >= 0.3 is 0 Å². The van der Waals surface area contributed by atoms with Crippen LogP contribution in [0.3, 0.4) is 0 Å². The largest absolute Gasteiger partial charge is 0.362 e. The summed E-state index contributed by atoms with van der Waals surface area (Å²) >= 11 is 0. The number of nitrogens with zero attached hydrogens (tertiary/aromatic N) is 1. The van der Waals surface area contributed by atoms with Gasteiger partial charge in [0.15, 0.2) is 0 Å². The van der Waals surface area contributed by atoms with Crippen molar-refractivity contribution in [1.29, 1.82) is 0 Å². The van der Waals surface area contributed by atoms with Crippen LogP contribution in [0.1, 0.15) is 28.9 Å². The van der Waals surface area contributed by atoms with Crippen LogP contribution in [0.2, 0.25) is 0 Å². The summed E-state index contributed by atoms with van der Waals surface area (Å²) < 4.78 is 0. The number of aromatic amines is 1. The first kappa shape index (κ1) is 8.78. The fourth-order valence-corrected chi connectivity index (χ4v) is 2.19. The van der Waals surface area contributed by atoms with Crippen molar-refractivity contribution in [2.45, 2.75) is 32.7 Å². The van der Waals surface area contributed by atoms with Crippen molar-refractivity contribution in [1.82, 2.24) is 10.0 Å². The van der Waals surface area contributed by atoms with Crippen molar-refractivity contribution in [2.75, 3.05) is 7.05 Å². The Bertz CT molecular complexity index is 315. The van der Waals surface area contributed by atoms with Crippen LogP contribution in [0.5, 0.6) is 0 Å². The highest BCUT2D eigenvalue weighted by molar-refractivity contribution is 5.39. The topological polar surface area (TPSA) is 39.3 Å². The maximum Gasteiger partial charge on any atom is 0.0506 e. The Labute approximate surface area is 78.3 Å². The molecule has 0 fully saturated rings. The Kier molecular flexibility index (Phi) is 2.14. The maximum atomic E-state index is 9.20. The molecule has 2 N–H and O–H groups in total. The van der Waals surface area contributed by atoms with Crippen LogP contribution in [0.4, 0.5) is 0 Å². The van der Waals surface area contributed by atoms with E-state index < -0.39 is 0 Å². The molecule has 3 heteroatoms. The van der Waals surface area contributed by atoms with E-state index in [1.54, 1.807) is 7.05 Å². The molecular formula is C10H16N2O. The van der Waals surface area contributed by atoms with Gasteiger partial charge in [0.25, 0.3) is 0 Å². The molecule has 1 aromatic rings. The van der Waals surface area contributed by atoms with Crippen LogP contribution in [0.15, 0.2) is 0 Å². The summed E-state index contributed by atoms with van der Waals surface area (Å²) in [6, 6.07) is 0. The molecular weight excluding hydrogens is 164 g/mol. The van der Waals surface area contributed by atoms with Gasteiger partial charge in [-0.3, -0.25) is 0 Å². The highest BCUT2D eigenvalue weighted by Crippen LogP contribution is 2.27. The molecule has 0 spiro atoms. The van der Waals surface area contributed by atoms with Gasteiger partial charge in [0.1, 0.15) is 0 Å². The molecule has 0 aromatic carbocycles. The zero-order valence-electron chi connectivity index (χ0n) is 8.22. The maximum absolute atomic E-state index is 9.20. The molecule has 1 aliphatic carbocycles. The Morgan fingerprint density at radius 2 is 2.23 bits per heavy atom.